The molecule has 5 nitrogen and oxygen atoms in total. The molecule has 5 heteroatoms. The van der Waals surface area contributed by atoms with Crippen LogP contribution in [0.15, 0.2) is 194 Å². The van der Waals surface area contributed by atoms with Gasteiger partial charge in [-0.25, -0.2) is 0 Å². The standard InChI is InChI=1S/C60H41N5/c1-60(2,3)41-32-29-39(30-33-41)56-58(64-50-24-12-7-19-42(50)43-20-8-13-25-51(43)64)48(36-61)57(49(37-62)59(56)65-52-26-14-9-21-44(52)45-22-10-15-27-53(45)65)63-54-28-16-11-23-46(54)47-35-40(31-34-55(47)63)38-17-5-4-6-18-38/h4-35H,1-3H3. The highest BCUT2D eigenvalue weighted by Gasteiger charge is 2.33. The van der Waals surface area contributed by atoms with E-state index < -0.39 is 0 Å². The molecule has 0 aliphatic carbocycles. The fraction of sp³-hybridized carbons (Fsp3) is 0.0667. The smallest absolute Gasteiger partial charge is 0.104 e. The summed E-state index contributed by atoms with van der Waals surface area (Å²) in [6.45, 7) is 6.67. The minimum absolute atomic E-state index is 0.0970. The minimum atomic E-state index is -0.0970. The van der Waals surface area contributed by atoms with Gasteiger partial charge in [0.1, 0.15) is 23.3 Å². The number of aromatic nitrogens is 3. The van der Waals surface area contributed by atoms with Crippen LogP contribution in [0, 0.1) is 22.7 Å². The van der Waals surface area contributed by atoms with E-state index in [2.05, 4.69) is 229 Å². The first-order valence-corrected chi connectivity index (χ1v) is 22.1. The molecule has 65 heavy (non-hydrogen) atoms. The zero-order valence-electron chi connectivity index (χ0n) is 36.2. The van der Waals surface area contributed by atoms with E-state index in [0.717, 1.165) is 87.7 Å². The molecule has 3 heterocycles. The van der Waals surface area contributed by atoms with Gasteiger partial charge >= 0.3 is 0 Å². The van der Waals surface area contributed by atoms with Gasteiger partial charge in [-0.2, -0.15) is 10.5 Å². The first-order valence-electron chi connectivity index (χ1n) is 22.1. The maximum absolute atomic E-state index is 12.1. The Morgan fingerprint density at radius 3 is 1.11 bits per heavy atom. The molecule has 12 aromatic rings. The Bertz CT molecular complexity index is 3730. The molecule has 0 saturated carbocycles. The number of nitrogens with zero attached hydrogens (tertiary/aromatic N) is 5. The third-order valence-electron chi connectivity index (χ3n) is 13.3. The highest BCUT2D eigenvalue weighted by molar-refractivity contribution is 6.15. The normalized spacial score (nSPS) is 11.9. The number of benzene rings is 9. The van der Waals surface area contributed by atoms with Crippen LogP contribution in [0.25, 0.3) is 105 Å². The molecule has 0 amide bonds. The Kier molecular flexibility index (Phi) is 8.47. The van der Waals surface area contributed by atoms with Crippen LogP contribution < -0.4 is 0 Å². The van der Waals surface area contributed by atoms with E-state index in [1.807, 2.05) is 12.1 Å². The van der Waals surface area contributed by atoms with Crippen molar-refractivity contribution in [3.63, 3.8) is 0 Å². The van der Waals surface area contributed by atoms with Crippen LogP contribution in [-0.2, 0) is 5.41 Å². The third kappa shape index (κ3) is 5.63. The molecule has 0 atom stereocenters. The monoisotopic (exact) mass is 831 g/mol. The maximum Gasteiger partial charge on any atom is 0.104 e. The fourth-order valence-corrected chi connectivity index (χ4v) is 10.4. The Morgan fingerprint density at radius 1 is 0.338 bits per heavy atom. The van der Waals surface area contributed by atoms with E-state index >= 15 is 0 Å². The van der Waals surface area contributed by atoms with Gasteiger partial charge in [0, 0.05) is 37.9 Å². The molecule has 0 bridgehead atoms. The van der Waals surface area contributed by atoms with Gasteiger partial charge in [-0.05, 0) is 70.1 Å². The number of rotatable bonds is 5. The zero-order chi connectivity index (χ0) is 44.0. The lowest BCUT2D eigenvalue weighted by atomic mass is 9.85. The molecule has 0 radical (unpaired) electrons. The van der Waals surface area contributed by atoms with Crippen molar-refractivity contribution < 1.29 is 0 Å². The topological polar surface area (TPSA) is 62.4 Å². The molecule has 0 aliphatic rings. The van der Waals surface area contributed by atoms with Gasteiger partial charge in [-0.15, -0.1) is 0 Å². The summed E-state index contributed by atoms with van der Waals surface area (Å²) >= 11 is 0. The van der Waals surface area contributed by atoms with Crippen LogP contribution in [-0.4, -0.2) is 13.7 Å². The predicted octanol–water partition coefficient (Wildman–Crippen LogP) is 15.4. The largest absolute Gasteiger partial charge is 0.307 e. The summed E-state index contributed by atoms with van der Waals surface area (Å²) in [5.41, 5.74) is 13.5. The molecule has 12 rings (SSSR count). The number of fused-ring (bicyclic) bond motifs is 9. The first kappa shape index (κ1) is 38.1. The summed E-state index contributed by atoms with van der Waals surface area (Å²) in [6.07, 6.45) is 0. The molecule has 3 aromatic heterocycles. The van der Waals surface area contributed by atoms with Crippen LogP contribution in [0.2, 0.25) is 0 Å². The predicted molar refractivity (Wildman–Crippen MR) is 268 cm³/mol. The third-order valence-corrected chi connectivity index (χ3v) is 13.3. The van der Waals surface area contributed by atoms with Crippen molar-refractivity contribution in [2.24, 2.45) is 0 Å². The average Bonchev–Trinajstić information content (AvgIpc) is 3.98. The van der Waals surface area contributed by atoms with Gasteiger partial charge in [0.2, 0.25) is 0 Å². The van der Waals surface area contributed by atoms with Crippen molar-refractivity contribution >= 4 is 65.4 Å². The number of hydrogen-bond donors (Lipinski definition) is 0. The second-order valence-corrected chi connectivity index (χ2v) is 17.9. The van der Waals surface area contributed by atoms with Crippen LogP contribution in [0.3, 0.4) is 0 Å². The number of nitriles is 2. The summed E-state index contributed by atoms with van der Waals surface area (Å²) in [4.78, 5) is 0. The average molecular weight is 832 g/mol. The van der Waals surface area contributed by atoms with Gasteiger partial charge in [-0.3, -0.25) is 0 Å². The first-order chi connectivity index (χ1) is 31.9. The molecule has 0 spiro atoms. The van der Waals surface area contributed by atoms with Crippen molar-refractivity contribution in [1.29, 1.82) is 10.5 Å². The Balaban J connectivity index is 1.36. The van der Waals surface area contributed by atoms with Gasteiger partial charge in [0.25, 0.3) is 0 Å². The Labute approximate surface area is 376 Å². The van der Waals surface area contributed by atoms with E-state index in [4.69, 9.17) is 0 Å². The zero-order valence-corrected chi connectivity index (χ0v) is 36.2. The molecule has 0 N–H and O–H groups in total. The SMILES string of the molecule is CC(C)(C)c1ccc(-c2c(-n3c4ccccc4c4ccccc43)c(C#N)c(-n3c4ccccc4c4cc(-c5ccccc5)ccc43)c(C#N)c2-n2c3ccccc3c3ccccc32)cc1. The lowest BCUT2D eigenvalue weighted by molar-refractivity contribution is 0.590. The number of hydrogen-bond acceptors (Lipinski definition) is 2. The quantitative estimate of drug-likeness (QED) is 0.173. The molecule has 306 valence electrons. The van der Waals surface area contributed by atoms with Gasteiger partial charge in [-0.1, -0.05) is 172 Å². The van der Waals surface area contributed by atoms with Crippen molar-refractivity contribution in [1.82, 2.24) is 13.7 Å². The summed E-state index contributed by atoms with van der Waals surface area (Å²) in [7, 11) is 0. The highest BCUT2D eigenvalue weighted by atomic mass is 15.1. The van der Waals surface area contributed by atoms with Crippen LogP contribution in [0.5, 0.6) is 0 Å². The van der Waals surface area contributed by atoms with Crippen molar-refractivity contribution in [2.75, 3.05) is 0 Å². The molecule has 0 aliphatic heterocycles. The molecule has 0 saturated heterocycles. The van der Waals surface area contributed by atoms with Gasteiger partial charge < -0.3 is 13.7 Å². The Hall–Kier alpha value is -8.64. The molecular weight excluding hydrogens is 791 g/mol. The van der Waals surface area contributed by atoms with Gasteiger partial charge in [0.05, 0.1) is 50.2 Å². The molecule has 9 aromatic carbocycles. The summed E-state index contributed by atoms with van der Waals surface area (Å²) in [6, 6.07) is 73.5. The van der Waals surface area contributed by atoms with E-state index in [9.17, 15) is 10.5 Å². The lowest BCUT2D eigenvalue weighted by Crippen LogP contribution is -2.14. The summed E-state index contributed by atoms with van der Waals surface area (Å²) in [5, 5.41) is 30.6. The lowest BCUT2D eigenvalue weighted by Gasteiger charge is -2.26. The van der Waals surface area contributed by atoms with Crippen molar-refractivity contribution in [3.05, 3.63) is 211 Å². The second-order valence-electron chi connectivity index (χ2n) is 17.9. The van der Waals surface area contributed by atoms with E-state index in [-0.39, 0.29) is 5.41 Å². The summed E-state index contributed by atoms with van der Waals surface area (Å²) in [5.74, 6) is 0. The minimum Gasteiger partial charge on any atom is -0.307 e. The van der Waals surface area contributed by atoms with Crippen molar-refractivity contribution in [3.8, 4) is 51.5 Å². The van der Waals surface area contributed by atoms with Gasteiger partial charge in [0.15, 0.2) is 0 Å². The van der Waals surface area contributed by atoms with Crippen molar-refractivity contribution in [2.45, 2.75) is 26.2 Å². The van der Waals surface area contributed by atoms with E-state index in [0.29, 0.717) is 28.2 Å². The molecule has 0 unspecified atom stereocenters. The van der Waals surface area contributed by atoms with E-state index in [1.54, 1.807) is 0 Å². The Morgan fingerprint density at radius 2 is 0.692 bits per heavy atom. The van der Waals surface area contributed by atoms with Crippen LogP contribution in [0.4, 0.5) is 0 Å². The maximum atomic E-state index is 12.1. The van der Waals surface area contributed by atoms with E-state index in [1.165, 1.54) is 5.56 Å². The number of para-hydroxylation sites is 5. The molecule has 0 fully saturated rings. The molecular formula is C60H41N5. The summed E-state index contributed by atoms with van der Waals surface area (Å²) < 4.78 is 6.73. The fourth-order valence-electron chi connectivity index (χ4n) is 10.4. The van der Waals surface area contributed by atoms with Crippen LogP contribution >= 0.6 is 0 Å². The highest BCUT2D eigenvalue weighted by Crippen LogP contribution is 2.49. The second kappa shape index (κ2) is 14.5. The van der Waals surface area contributed by atoms with Crippen LogP contribution in [0.1, 0.15) is 37.5 Å².